The number of nitrogens with two attached hydrogens (primary N) is 1. The molecule has 11 heteroatoms. The van der Waals surface area contributed by atoms with E-state index in [-0.39, 0.29) is 18.0 Å². The van der Waals surface area contributed by atoms with Crippen molar-refractivity contribution in [2.24, 2.45) is 15.7 Å². The SMILES string of the molecule is CC1=NCc2ccc(-c3cccc(C(=O)O)c3)cc21.COc1cccc(C(CN2CCCC2)NC(=O)c2cccc(-c3ccc4c(c3)C(C)=NC4)c2)c1.COc1cccc(C(N)CN2CCCC2)c1. The van der Waals surface area contributed by atoms with Crippen LogP contribution in [0.5, 0.6) is 11.5 Å². The Labute approximate surface area is 406 Å². The molecule has 356 valence electrons. The number of aliphatic imine (C=N–C) groups is 2. The van der Waals surface area contributed by atoms with Gasteiger partial charge in [-0.15, -0.1) is 0 Å². The quantitative estimate of drug-likeness (QED) is 0.104. The van der Waals surface area contributed by atoms with Gasteiger partial charge in [0, 0.05) is 47.2 Å². The van der Waals surface area contributed by atoms with E-state index in [4.69, 9.17) is 20.3 Å². The van der Waals surface area contributed by atoms with Crippen molar-refractivity contribution >= 4 is 23.3 Å². The molecule has 6 aromatic rings. The predicted octanol–water partition coefficient (Wildman–Crippen LogP) is 10.4. The number of carboxylic acid groups (broad SMARTS) is 1. The van der Waals surface area contributed by atoms with Gasteiger partial charge in [0.15, 0.2) is 0 Å². The number of ether oxygens (including phenoxy) is 2. The third kappa shape index (κ3) is 12.4. The Morgan fingerprint density at radius 1 is 0.594 bits per heavy atom. The van der Waals surface area contributed by atoms with Crippen LogP contribution in [-0.4, -0.2) is 91.7 Å². The van der Waals surface area contributed by atoms with Crippen molar-refractivity contribution < 1.29 is 24.2 Å². The molecule has 4 aliphatic rings. The highest BCUT2D eigenvalue weighted by Gasteiger charge is 2.23. The lowest BCUT2D eigenvalue weighted by molar-refractivity contribution is 0.0696. The van der Waals surface area contributed by atoms with Gasteiger partial charge in [0.05, 0.1) is 38.9 Å². The van der Waals surface area contributed by atoms with Gasteiger partial charge in [-0.3, -0.25) is 14.8 Å². The number of nitrogens with zero attached hydrogens (tertiary/aromatic N) is 4. The first-order chi connectivity index (χ1) is 33.5. The molecule has 4 aliphatic heterocycles. The summed E-state index contributed by atoms with van der Waals surface area (Å²) in [7, 11) is 3.36. The number of amides is 1. The average molecular weight is 925 g/mol. The fourth-order valence-corrected chi connectivity index (χ4v) is 9.49. The molecule has 2 unspecified atom stereocenters. The van der Waals surface area contributed by atoms with Crippen molar-refractivity contribution in [1.82, 2.24) is 15.1 Å². The molecule has 6 aromatic carbocycles. The lowest BCUT2D eigenvalue weighted by Crippen LogP contribution is -2.37. The van der Waals surface area contributed by atoms with Crippen LogP contribution < -0.4 is 20.5 Å². The lowest BCUT2D eigenvalue weighted by atomic mass is 9.97. The molecule has 1 amide bonds. The second-order valence-electron chi connectivity index (χ2n) is 18.2. The Kier molecular flexibility index (Phi) is 16.1. The Morgan fingerprint density at radius 2 is 1.06 bits per heavy atom. The molecule has 0 aliphatic carbocycles. The molecule has 0 aromatic heterocycles. The number of carbonyl (C=O) groups excluding carboxylic acids is 1. The largest absolute Gasteiger partial charge is 0.497 e. The highest BCUT2D eigenvalue weighted by Crippen LogP contribution is 2.30. The van der Waals surface area contributed by atoms with Crippen LogP contribution in [0.25, 0.3) is 22.3 Å². The zero-order valence-electron chi connectivity index (χ0n) is 40.3. The van der Waals surface area contributed by atoms with Crippen LogP contribution in [0.1, 0.15) is 106 Å². The van der Waals surface area contributed by atoms with Crippen LogP contribution in [-0.2, 0) is 13.1 Å². The summed E-state index contributed by atoms with van der Waals surface area (Å²) < 4.78 is 10.6. The number of carbonyl (C=O) groups is 2. The Morgan fingerprint density at radius 3 is 1.59 bits per heavy atom. The van der Waals surface area contributed by atoms with Gasteiger partial charge in [0.25, 0.3) is 5.91 Å². The van der Waals surface area contributed by atoms with Gasteiger partial charge in [0.2, 0.25) is 0 Å². The van der Waals surface area contributed by atoms with E-state index in [2.05, 4.69) is 80.6 Å². The molecule has 11 nitrogen and oxygen atoms in total. The minimum Gasteiger partial charge on any atom is -0.497 e. The number of methoxy groups -OCH3 is 2. The van der Waals surface area contributed by atoms with E-state index in [0.29, 0.717) is 11.1 Å². The van der Waals surface area contributed by atoms with Gasteiger partial charge >= 0.3 is 5.97 Å². The van der Waals surface area contributed by atoms with Crippen molar-refractivity contribution in [1.29, 1.82) is 0 Å². The van der Waals surface area contributed by atoms with Crippen LogP contribution in [0.2, 0.25) is 0 Å². The lowest BCUT2D eigenvalue weighted by Gasteiger charge is -2.25. The molecule has 69 heavy (non-hydrogen) atoms. The number of hydrogen-bond acceptors (Lipinski definition) is 9. The van der Waals surface area contributed by atoms with E-state index < -0.39 is 5.97 Å². The van der Waals surface area contributed by atoms with Crippen molar-refractivity contribution in [3.63, 3.8) is 0 Å². The molecule has 0 radical (unpaired) electrons. The molecule has 2 saturated heterocycles. The van der Waals surface area contributed by atoms with Crippen LogP contribution in [0.4, 0.5) is 0 Å². The highest BCUT2D eigenvalue weighted by atomic mass is 16.5. The molecule has 10 rings (SSSR count). The summed E-state index contributed by atoms with van der Waals surface area (Å²) in [6.45, 7) is 11.8. The number of benzene rings is 6. The second-order valence-corrected chi connectivity index (χ2v) is 18.2. The normalized spacial score (nSPS) is 15.8. The van der Waals surface area contributed by atoms with Gasteiger partial charge < -0.3 is 35.4 Å². The number of carboxylic acids is 1. The van der Waals surface area contributed by atoms with Gasteiger partial charge in [-0.05, 0) is 171 Å². The maximum atomic E-state index is 13.4. The van der Waals surface area contributed by atoms with E-state index in [0.717, 1.165) is 95.6 Å². The number of hydrogen-bond donors (Lipinski definition) is 3. The molecule has 4 heterocycles. The number of rotatable bonds is 13. The van der Waals surface area contributed by atoms with Gasteiger partial charge in [-0.1, -0.05) is 72.8 Å². The van der Waals surface area contributed by atoms with Gasteiger partial charge in [-0.2, -0.15) is 0 Å². The third-order valence-electron chi connectivity index (χ3n) is 13.5. The molecule has 2 fully saturated rings. The molecule has 0 bridgehead atoms. The van der Waals surface area contributed by atoms with E-state index in [1.54, 1.807) is 32.4 Å². The van der Waals surface area contributed by atoms with Crippen molar-refractivity contribution in [2.75, 3.05) is 53.5 Å². The number of nitrogens with one attached hydrogen (secondary N) is 1. The zero-order chi connectivity index (χ0) is 48.3. The summed E-state index contributed by atoms with van der Waals surface area (Å²) in [6, 6.07) is 43.5. The van der Waals surface area contributed by atoms with Crippen molar-refractivity contribution in [3.05, 3.63) is 178 Å². The second kappa shape index (κ2) is 22.9. The van der Waals surface area contributed by atoms with Crippen LogP contribution in [0, 0.1) is 0 Å². The van der Waals surface area contributed by atoms with E-state index >= 15 is 0 Å². The predicted molar refractivity (Wildman–Crippen MR) is 277 cm³/mol. The molecule has 0 spiro atoms. The minimum absolute atomic E-state index is 0.0623. The average Bonchev–Trinajstić information content (AvgIpc) is 4.24. The van der Waals surface area contributed by atoms with Crippen molar-refractivity contribution in [2.45, 2.75) is 64.7 Å². The monoisotopic (exact) mass is 924 g/mol. The maximum absolute atomic E-state index is 13.4. The van der Waals surface area contributed by atoms with Crippen LogP contribution in [0.3, 0.4) is 0 Å². The summed E-state index contributed by atoms with van der Waals surface area (Å²) >= 11 is 0. The highest BCUT2D eigenvalue weighted by molar-refractivity contribution is 6.04. The fourth-order valence-electron chi connectivity index (χ4n) is 9.49. The summed E-state index contributed by atoms with van der Waals surface area (Å²) in [5, 5.41) is 12.3. The molecular formula is C58H64N6O5. The first-order valence-electron chi connectivity index (χ1n) is 24.1. The summed E-state index contributed by atoms with van der Waals surface area (Å²) in [5.74, 6) is 0.721. The molecular weight excluding hydrogens is 861 g/mol. The topological polar surface area (TPSA) is 142 Å². The maximum Gasteiger partial charge on any atom is 0.335 e. The molecule has 0 saturated carbocycles. The minimum atomic E-state index is -0.902. The smallest absolute Gasteiger partial charge is 0.335 e. The number of likely N-dealkylation sites (tertiary alicyclic amines) is 2. The zero-order valence-corrected chi connectivity index (χ0v) is 40.3. The van der Waals surface area contributed by atoms with Crippen molar-refractivity contribution in [3.8, 4) is 33.8 Å². The van der Waals surface area contributed by atoms with E-state index in [1.165, 1.54) is 61.0 Å². The first-order valence-corrected chi connectivity index (χ1v) is 24.1. The summed E-state index contributed by atoms with van der Waals surface area (Å²) in [5.41, 5.74) is 20.5. The standard InChI is InChI=1S/C29H31N3O2.C16H13NO2.C13H20N2O/c1-20-27-17-22(11-12-25(27)18-30-20)21-7-5-9-24(15-21)29(33)31-28(19-32-13-3-4-14-32)23-8-6-10-26(16-23)34-2;1-10-15-8-12(5-6-14(15)9-17-10)11-3-2-4-13(7-11)16(18)19;1-16-12-6-4-5-11(9-12)13(14)10-15-7-2-3-8-15/h5-12,15-17,28H,3-4,13-14,18-19H2,1-2H3,(H,31,33);2-8H,9H2,1H3,(H,18,19);4-6,9,13H,2-3,7-8,10,14H2,1H3. The van der Waals surface area contributed by atoms with Crippen LogP contribution in [0.15, 0.2) is 143 Å². The van der Waals surface area contributed by atoms with Gasteiger partial charge in [0.1, 0.15) is 11.5 Å². The Bertz CT molecular complexity index is 2830. The Hall–Kier alpha value is -6.92. The summed E-state index contributed by atoms with van der Waals surface area (Å²) in [4.78, 5) is 38.2. The fraction of sp³-hybridized carbons (Fsp3) is 0.310. The Balaban J connectivity index is 0.000000154. The first kappa shape index (κ1) is 48.5. The van der Waals surface area contributed by atoms with Crippen LogP contribution >= 0.6 is 0 Å². The number of fused-ring (bicyclic) bond motifs is 2. The third-order valence-corrected chi connectivity index (χ3v) is 13.5. The number of aromatic carboxylic acids is 1. The molecule has 4 N–H and O–H groups in total. The van der Waals surface area contributed by atoms with E-state index in [9.17, 15) is 9.59 Å². The van der Waals surface area contributed by atoms with E-state index in [1.807, 2.05) is 73.7 Å². The van der Waals surface area contributed by atoms with Gasteiger partial charge in [-0.25, -0.2) is 4.79 Å². The molecule has 2 atom stereocenters. The summed E-state index contributed by atoms with van der Waals surface area (Å²) in [6.07, 6.45) is 5.05.